The van der Waals surface area contributed by atoms with E-state index in [1.807, 2.05) is 6.07 Å². The molecule has 2 heterocycles. The fraction of sp³-hybridized carbons (Fsp3) is 0.318. The number of benzene rings is 2. The van der Waals surface area contributed by atoms with E-state index in [0.717, 1.165) is 44.0 Å². The second-order valence-electron chi connectivity index (χ2n) is 6.94. The number of carbonyl (C=O) groups excluding carboxylic acids is 1. The molecule has 0 unspecified atom stereocenters. The Morgan fingerprint density at radius 3 is 2.56 bits per heavy atom. The van der Waals surface area contributed by atoms with Crippen molar-refractivity contribution in [3.05, 3.63) is 65.0 Å². The molecule has 1 N–H and O–H groups in total. The number of hydrogen-bond acceptors (Lipinski definition) is 4. The summed E-state index contributed by atoms with van der Waals surface area (Å²) in [4.78, 5) is 17.8. The minimum atomic E-state index is -0.00659. The summed E-state index contributed by atoms with van der Waals surface area (Å²) in [5.41, 5.74) is 2.66. The van der Waals surface area contributed by atoms with Gasteiger partial charge in [0, 0.05) is 55.5 Å². The Kier molecular flexibility index (Phi) is 5.41. The van der Waals surface area contributed by atoms with E-state index >= 15 is 0 Å². The number of hydrogen-bond donors (Lipinski definition) is 1. The summed E-state index contributed by atoms with van der Waals surface area (Å²) in [5, 5.41) is 3.92. The van der Waals surface area contributed by atoms with Gasteiger partial charge >= 0.3 is 0 Å². The molecule has 1 aliphatic rings. The maximum absolute atomic E-state index is 12.0. The zero-order chi connectivity index (χ0) is 18.6. The molecule has 0 aliphatic carbocycles. The Bertz CT molecular complexity index is 914. The first-order chi connectivity index (χ1) is 13.2. The highest BCUT2D eigenvalue weighted by molar-refractivity contribution is 7.20. The standard InChI is InChI=1S/C22H25N3OS/c1-23-22(26)21-16-18-19(8-5-9-20(18)27-21)25-14-12-24(13-15-25)11-10-17-6-3-2-4-7-17/h2-9,16H,10-15H2,1H3,(H,23,26). The van der Waals surface area contributed by atoms with E-state index in [-0.39, 0.29) is 5.91 Å². The number of amides is 1. The highest BCUT2D eigenvalue weighted by Gasteiger charge is 2.20. The van der Waals surface area contributed by atoms with E-state index in [0.29, 0.717) is 0 Å². The molecule has 1 amide bonds. The summed E-state index contributed by atoms with van der Waals surface area (Å²) in [7, 11) is 1.68. The number of thiophene rings is 1. The predicted octanol–water partition coefficient (Wildman–Crippen LogP) is 3.63. The normalized spacial score (nSPS) is 15.2. The van der Waals surface area contributed by atoms with Gasteiger partial charge in [-0.05, 0) is 30.2 Å². The van der Waals surface area contributed by atoms with Crippen molar-refractivity contribution < 1.29 is 4.79 Å². The fourth-order valence-corrected chi connectivity index (χ4v) is 4.73. The molecule has 140 valence electrons. The molecule has 3 aromatic rings. The predicted molar refractivity (Wildman–Crippen MR) is 114 cm³/mol. The monoisotopic (exact) mass is 379 g/mol. The third-order valence-corrected chi connectivity index (χ3v) is 6.36. The van der Waals surface area contributed by atoms with E-state index in [1.165, 1.54) is 21.3 Å². The van der Waals surface area contributed by atoms with Gasteiger partial charge in [-0.1, -0.05) is 36.4 Å². The third kappa shape index (κ3) is 3.99. The van der Waals surface area contributed by atoms with Crippen LogP contribution in [-0.4, -0.2) is 50.6 Å². The molecule has 4 nitrogen and oxygen atoms in total. The number of nitrogens with one attached hydrogen (secondary N) is 1. The summed E-state index contributed by atoms with van der Waals surface area (Å²) in [5.74, 6) is -0.00659. The van der Waals surface area contributed by atoms with Crippen LogP contribution < -0.4 is 10.2 Å². The first-order valence-corrected chi connectivity index (χ1v) is 10.3. The molecule has 0 spiro atoms. The first-order valence-electron chi connectivity index (χ1n) is 9.50. The lowest BCUT2D eigenvalue weighted by molar-refractivity contribution is 0.0967. The molecule has 1 fully saturated rings. The second kappa shape index (κ2) is 8.11. The molecule has 0 saturated carbocycles. The number of anilines is 1. The second-order valence-corrected chi connectivity index (χ2v) is 8.03. The van der Waals surface area contributed by atoms with E-state index in [9.17, 15) is 4.79 Å². The van der Waals surface area contributed by atoms with Gasteiger partial charge in [0.2, 0.25) is 0 Å². The topological polar surface area (TPSA) is 35.6 Å². The minimum absolute atomic E-state index is 0.00659. The maximum atomic E-state index is 12.0. The lowest BCUT2D eigenvalue weighted by atomic mass is 10.1. The van der Waals surface area contributed by atoms with Gasteiger partial charge in [-0.25, -0.2) is 0 Å². The van der Waals surface area contributed by atoms with Crippen LogP contribution in [0.1, 0.15) is 15.2 Å². The van der Waals surface area contributed by atoms with Crippen LogP contribution in [-0.2, 0) is 6.42 Å². The number of rotatable bonds is 5. The molecule has 4 rings (SSSR count). The molecule has 0 bridgehead atoms. The van der Waals surface area contributed by atoms with E-state index in [4.69, 9.17) is 0 Å². The van der Waals surface area contributed by atoms with Crippen LogP contribution in [0.25, 0.3) is 10.1 Å². The minimum Gasteiger partial charge on any atom is -0.368 e. The molecule has 1 aromatic heterocycles. The zero-order valence-electron chi connectivity index (χ0n) is 15.6. The third-order valence-electron chi connectivity index (χ3n) is 5.26. The van der Waals surface area contributed by atoms with Gasteiger partial charge < -0.3 is 10.2 Å². The lowest BCUT2D eigenvalue weighted by Gasteiger charge is -2.36. The number of carbonyl (C=O) groups is 1. The lowest BCUT2D eigenvalue weighted by Crippen LogP contribution is -2.47. The van der Waals surface area contributed by atoms with Crippen LogP contribution in [0.4, 0.5) is 5.69 Å². The van der Waals surface area contributed by atoms with E-state index in [2.05, 4.69) is 63.6 Å². The molecule has 0 radical (unpaired) electrons. The Balaban J connectivity index is 1.42. The highest BCUT2D eigenvalue weighted by Crippen LogP contribution is 2.33. The maximum Gasteiger partial charge on any atom is 0.261 e. The summed E-state index contributed by atoms with van der Waals surface area (Å²) in [6, 6.07) is 19.1. The van der Waals surface area contributed by atoms with Crippen molar-refractivity contribution in [2.24, 2.45) is 0 Å². The van der Waals surface area contributed by atoms with Gasteiger partial charge in [0.15, 0.2) is 0 Å². The molecular formula is C22H25N3OS. The van der Waals surface area contributed by atoms with Gasteiger partial charge in [-0.3, -0.25) is 9.69 Å². The molecular weight excluding hydrogens is 354 g/mol. The van der Waals surface area contributed by atoms with E-state index in [1.54, 1.807) is 18.4 Å². The van der Waals surface area contributed by atoms with Crippen LogP contribution in [0.3, 0.4) is 0 Å². The van der Waals surface area contributed by atoms with Gasteiger partial charge in [0.05, 0.1) is 4.88 Å². The summed E-state index contributed by atoms with van der Waals surface area (Å²) >= 11 is 1.57. The van der Waals surface area contributed by atoms with Crippen LogP contribution in [0, 0.1) is 0 Å². The highest BCUT2D eigenvalue weighted by atomic mass is 32.1. The van der Waals surface area contributed by atoms with Crippen LogP contribution in [0.15, 0.2) is 54.6 Å². The number of fused-ring (bicyclic) bond motifs is 1. The van der Waals surface area contributed by atoms with Crippen LogP contribution >= 0.6 is 11.3 Å². The first kappa shape index (κ1) is 18.0. The van der Waals surface area contributed by atoms with Crippen LogP contribution in [0.2, 0.25) is 0 Å². The Morgan fingerprint density at radius 1 is 1.04 bits per heavy atom. The van der Waals surface area contributed by atoms with Crippen molar-refractivity contribution >= 4 is 33.0 Å². The number of piperazine rings is 1. The molecule has 1 saturated heterocycles. The quantitative estimate of drug-likeness (QED) is 0.735. The smallest absolute Gasteiger partial charge is 0.261 e. The number of nitrogens with zero attached hydrogens (tertiary/aromatic N) is 2. The van der Waals surface area contributed by atoms with Crippen molar-refractivity contribution in [1.29, 1.82) is 0 Å². The molecule has 27 heavy (non-hydrogen) atoms. The Morgan fingerprint density at radius 2 is 1.81 bits per heavy atom. The average Bonchev–Trinajstić information content (AvgIpc) is 3.17. The van der Waals surface area contributed by atoms with Gasteiger partial charge in [-0.15, -0.1) is 11.3 Å². The van der Waals surface area contributed by atoms with Crippen molar-refractivity contribution in [1.82, 2.24) is 10.2 Å². The van der Waals surface area contributed by atoms with Gasteiger partial charge in [-0.2, -0.15) is 0 Å². The average molecular weight is 380 g/mol. The van der Waals surface area contributed by atoms with Crippen molar-refractivity contribution in [3.63, 3.8) is 0 Å². The summed E-state index contributed by atoms with van der Waals surface area (Å²) in [6.07, 6.45) is 1.11. The van der Waals surface area contributed by atoms with Crippen molar-refractivity contribution in [2.75, 3.05) is 44.7 Å². The van der Waals surface area contributed by atoms with E-state index < -0.39 is 0 Å². The molecule has 5 heteroatoms. The SMILES string of the molecule is CNC(=O)c1cc2c(N3CCN(CCc4ccccc4)CC3)cccc2s1. The Labute approximate surface area is 164 Å². The summed E-state index contributed by atoms with van der Waals surface area (Å²) < 4.78 is 1.18. The van der Waals surface area contributed by atoms with Crippen molar-refractivity contribution in [2.45, 2.75) is 6.42 Å². The van der Waals surface area contributed by atoms with Gasteiger partial charge in [0.1, 0.15) is 0 Å². The molecule has 1 aliphatic heterocycles. The van der Waals surface area contributed by atoms with Crippen molar-refractivity contribution in [3.8, 4) is 0 Å². The Hall–Kier alpha value is -2.37. The molecule has 2 aromatic carbocycles. The summed E-state index contributed by atoms with van der Waals surface area (Å²) in [6.45, 7) is 5.32. The fourth-order valence-electron chi connectivity index (χ4n) is 3.70. The van der Waals surface area contributed by atoms with Gasteiger partial charge in [0.25, 0.3) is 5.91 Å². The largest absolute Gasteiger partial charge is 0.368 e. The zero-order valence-corrected chi connectivity index (χ0v) is 16.5. The van der Waals surface area contributed by atoms with Crippen LogP contribution in [0.5, 0.6) is 0 Å². The molecule has 0 atom stereocenters.